The molecule has 0 aliphatic carbocycles. The maximum absolute atomic E-state index is 11.9. The summed E-state index contributed by atoms with van der Waals surface area (Å²) in [5.41, 5.74) is 6.32. The number of carbonyl (C=O) groups excluding carboxylic acids is 1. The molecular formula is C15H21N5O6. The normalized spacial score (nSPS) is 26.9. The highest BCUT2D eigenvalue weighted by Crippen LogP contribution is 2.33. The molecular weight excluding hydrogens is 346 g/mol. The van der Waals surface area contributed by atoms with Crippen LogP contribution in [-0.2, 0) is 14.3 Å². The molecule has 1 aliphatic heterocycles. The van der Waals surface area contributed by atoms with Crippen LogP contribution in [0.3, 0.4) is 0 Å². The largest absolute Gasteiger partial charge is 0.464 e. The van der Waals surface area contributed by atoms with Crippen molar-refractivity contribution in [2.75, 3.05) is 12.3 Å². The number of imidazole rings is 1. The molecule has 0 amide bonds. The molecule has 1 aliphatic rings. The molecule has 5 atom stereocenters. The van der Waals surface area contributed by atoms with E-state index in [0.717, 1.165) is 6.42 Å². The van der Waals surface area contributed by atoms with Gasteiger partial charge in [-0.3, -0.25) is 4.57 Å². The number of aliphatic hydroxyl groups excluding tert-OH is 3. The van der Waals surface area contributed by atoms with Gasteiger partial charge in [0.1, 0.15) is 30.2 Å². The van der Waals surface area contributed by atoms with E-state index in [2.05, 4.69) is 15.0 Å². The van der Waals surface area contributed by atoms with Crippen molar-refractivity contribution < 1.29 is 29.6 Å². The zero-order valence-corrected chi connectivity index (χ0v) is 14.1. The lowest BCUT2D eigenvalue weighted by Gasteiger charge is -2.19. The first-order chi connectivity index (χ1) is 12.5. The second kappa shape index (κ2) is 7.50. The summed E-state index contributed by atoms with van der Waals surface area (Å²) in [5, 5.41) is 30.7. The summed E-state index contributed by atoms with van der Waals surface area (Å²) in [6.07, 6.45) is -3.12. The van der Waals surface area contributed by atoms with E-state index < -0.39 is 36.6 Å². The van der Waals surface area contributed by atoms with Gasteiger partial charge in [-0.15, -0.1) is 0 Å². The minimum atomic E-state index is -1.74. The molecule has 5 N–H and O–H groups in total. The van der Waals surface area contributed by atoms with Crippen molar-refractivity contribution in [3.63, 3.8) is 0 Å². The molecule has 0 spiro atoms. The zero-order valence-electron chi connectivity index (χ0n) is 14.1. The number of carbonyl (C=O) groups is 1. The van der Waals surface area contributed by atoms with Crippen LogP contribution in [0, 0.1) is 0 Å². The molecule has 0 bridgehead atoms. The number of aromatic nitrogens is 4. The van der Waals surface area contributed by atoms with Crippen LogP contribution in [-0.4, -0.2) is 71.8 Å². The molecule has 26 heavy (non-hydrogen) atoms. The number of ether oxygens (including phenoxy) is 2. The highest BCUT2D eigenvalue weighted by Gasteiger charge is 2.49. The van der Waals surface area contributed by atoms with Gasteiger partial charge in [0.2, 0.25) is 0 Å². The Bertz CT molecular complexity index is 783. The molecule has 3 rings (SSSR count). The Morgan fingerprint density at radius 1 is 1.38 bits per heavy atom. The molecule has 2 aromatic heterocycles. The second-order valence-electron chi connectivity index (χ2n) is 6.02. The fourth-order valence-electron chi connectivity index (χ4n) is 2.77. The van der Waals surface area contributed by atoms with Crippen molar-refractivity contribution in [2.24, 2.45) is 0 Å². The van der Waals surface area contributed by atoms with Gasteiger partial charge in [-0.2, -0.15) is 0 Å². The van der Waals surface area contributed by atoms with E-state index in [1.807, 2.05) is 6.92 Å². The van der Waals surface area contributed by atoms with Crippen LogP contribution in [0.2, 0.25) is 0 Å². The monoisotopic (exact) mass is 367 g/mol. The molecule has 0 saturated carbocycles. The summed E-state index contributed by atoms with van der Waals surface area (Å²) in [6, 6.07) is 0. The summed E-state index contributed by atoms with van der Waals surface area (Å²) >= 11 is 0. The topological polar surface area (TPSA) is 166 Å². The van der Waals surface area contributed by atoms with Gasteiger partial charge in [0.25, 0.3) is 0 Å². The molecule has 0 radical (unpaired) electrons. The first-order valence-corrected chi connectivity index (χ1v) is 8.25. The van der Waals surface area contributed by atoms with Crippen LogP contribution in [0.25, 0.3) is 11.2 Å². The van der Waals surface area contributed by atoms with Crippen molar-refractivity contribution in [1.29, 1.82) is 0 Å². The minimum Gasteiger partial charge on any atom is -0.464 e. The minimum absolute atomic E-state index is 0.151. The summed E-state index contributed by atoms with van der Waals surface area (Å²) < 4.78 is 11.8. The lowest BCUT2D eigenvalue weighted by atomic mass is 10.1. The van der Waals surface area contributed by atoms with Crippen LogP contribution in [0.5, 0.6) is 0 Å². The van der Waals surface area contributed by atoms with E-state index in [9.17, 15) is 20.1 Å². The third kappa shape index (κ3) is 3.21. The van der Waals surface area contributed by atoms with E-state index in [1.165, 1.54) is 17.2 Å². The Kier molecular flexibility index (Phi) is 5.32. The van der Waals surface area contributed by atoms with Gasteiger partial charge in [0.05, 0.1) is 12.9 Å². The number of nitrogen functional groups attached to an aromatic ring is 1. The number of fused-ring (bicyclic) bond motifs is 1. The standard InChI is InChI=1S/C15H21N5O6/c1-2-3-4-25-15(24)10(23)11-8(21)9(22)14(26-11)20-6-19-7-12(16)17-5-18-13(7)20/h5-6,8-11,14,21-23H,2-4H2,1H3,(H2,16,17,18)/t8-,9+,10?,11-,14+/m0/s1. The lowest BCUT2D eigenvalue weighted by Crippen LogP contribution is -2.43. The second-order valence-corrected chi connectivity index (χ2v) is 6.02. The average Bonchev–Trinajstić information content (AvgIpc) is 3.18. The molecule has 2 aromatic rings. The van der Waals surface area contributed by atoms with Gasteiger partial charge in [0.15, 0.2) is 23.8 Å². The molecule has 1 fully saturated rings. The summed E-state index contributed by atoms with van der Waals surface area (Å²) in [6.45, 7) is 2.09. The molecule has 0 aromatic carbocycles. The fourth-order valence-corrected chi connectivity index (χ4v) is 2.77. The van der Waals surface area contributed by atoms with Crippen LogP contribution in [0.15, 0.2) is 12.7 Å². The number of nitrogens with zero attached hydrogens (tertiary/aromatic N) is 4. The molecule has 3 heterocycles. The SMILES string of the molecule is CCCCOC(=O)C(O)[C@H]1O[C@@H](n2cnc3c(N)ncnc32)[C@H](O)[C@@H]1O. The third-order valence-electron chi connectivity index (χ3n) is 4.23. The van der Waals surface area contributed by atoms with Crippen LogP contribution < -0.4 is 5.73 Å². The van der Waals surface area contributed by atoms with Crippen LogP contribution in [0.1, 0.15) is 26.0 Å². The molecule has 1 saturated heterocycles. The maximum Gasteiger partial charge on any atom is 0.337 e. The Morgan fingerprint density at radius 2 is 2.15 bits per heavy atom. The van der Waals surface area contributed by atoms with Gasteiger partial charge in [-0.1, -0.05) is 13.3 Å². The van der Waals surface area contributed by atoms with Gasteiger partial charge in [-0.05, 0) is 6.42 Å². The number of esters is 1. The van der Waals surface area contributed by atoms with E-state index in [1.54, 1.807) is 0 Å². The molecule has 11 heteroatoms. The average molecular weight is 367 g/mol. The maximum atomic E-state index is 11.9. The van der Waals surface area contributed by atoms with Gasteiger partial charge in [-0.25, -0.2) is 19.7 Å². The van der Waals surface area contributed by atoms with Crippen molar-refractivity contribution >= 4 is 23.0 Å². The number of anilines is 1. The summed E-state index contributed by atoms with van der Waals surface area (Å²) in [5.74, 6) is -0.768. The predicted octanol–water partition coefficient (Wildman–Crippen LogP) is -1.27. The van der Waals surface area contributed by atoms with E-state index in [-0.39, 0.29) is 18.1 Å². The highest BCUT2D eigenvalue weighted by molar-refractivity contribution is 5.81. The quantitative estimate of drug-likeness (QED) is 0.357. The van der Waals surface area contributed by atoms with Crippen LogP contribution >= 0.6 is 0 Å². The van der Waals surface area contributed by atoms with Gasteiger partial charge in [0, 0.05) is 0 Å². The van der Waals surface area contributed by atoms with Crippen LogP contribution in [0.4, 0.5) is 5.82 Å². The lowest BCUT2D eigenvalue weighted by molar-refractivity contribution is -0.166. The Balaban J connectivity index is 1.79. The number of aliphatic hydroxyl groups is 3. The number of nitrogens with two attached hydrogens (primary N) is 1. The number of hydrogen-bond acceptors (Lipinski definition) is 10. The molecule has 11 nitrogen and oxygen atoms in total. The van der Waals surface area contributed by atoms with Gasteiger partial charge >= 0.3 is 5.97 Å². The summed E-state index contributed by atoms with van der Waals surface area (Å²) in [4.78, 5) is 23.8. The van der Waals surface area contributed by atoms with Gasteiger partial charge < -0.3 is 30.5 Å². The fraction of sp³-hybridized carbons (Fsp3) is 0.600. The van der Waals surface area contributed by atoms with E-state index in [4.69, 9.17) is 15.2 Å². The van der Waals surface area contributed by atoms with E-state index >= 15 is 0 Å². The molecule has 142 valence electrons. The number of hydrogen-bond donors (Lipinski definition) is 4. The Hall–Kier alpha value is -2.34. The third-order valence-corrected chi connectivity index (χ3v) is 4.23. The number of rotatable bonds is 6. The highest BCUT2D eigenvalue weighted by atomic mass is 16.6. The first-order valence-electron chi connectivity index (χ1n) is 8.25. The first kappa shape index (κ1) is 18.5. The number of unbranched alkanes of at least 4 members (excludes halogenated alkanes) is 1. The summed E-state index contributed by atoms with van der Waals surface area (Å²) in [7, 11) is 0. The Labute approximate surface area is 148 Å². The van der Waals surface area contributed by atoms with E-state index in [0.29, 0.717) is 11.9 Å². The smallest absolute Gasteiger partial charge is 0.337 e. The molecule has 1 unspecified atom stereocenters. The van der Waals surface area contributed by atoms with Crippen molar-refractivity contribution in [3.8, 4) is 0 Å². The van der Waals surface area contributed by atoms with Crippen molar-refractivity contribution in [2.45, 2.75) is 50.4 Å². The van der Waals surface area contributed by atoms with Crippen molar-refractivity contribution in [1.82, 2.24) is 19.5 Å². The van der Waals surface area contributed by atoms with Crippen molar-refractivity contribution in [3.05, 3.63) is 12.7 Å². The zero-order chi connectivity index (χ0) is 18.8. The predicted molar refractivity (Wildman–Crippen MR) is 87.5 cm³/mol. The Morgan fingerprint density at radius 3 is 2.88 bits per heavy atom.